The summed E-state index contributed by atoms with van der Waals surface area (Å²) in [6, 6.07) is 0. The van der Waals surface area contributed by atoms with Crippen LogP contribution in [-0.4, -0.2) is 19.0 Å². The van der Waals surface area contributed by atoms with Crippen LogP contribution in [0.1, 0.15) is 6.42 Å². The first-order valence-corrected chi connectivity index (χ1v) is 2.80. The average Bonchev–Trinajstić information content (AvgIpc) is 1.90. The normalized spacial score (nSPS) is 33.1. The van der Waals surface area contributed by atoms with E-state index in [9.17, 15) is 0 Å². The van der Waals surface area contributed by atoms with Crippen molar-refractivity contribution in [1.29, 1.82) is 0 Å². The van der Waals surface area contributed by atoms with E-state index < -0.39 is 5.72 Å². The molecule has 0 aromatic heterocycles. The number of rotatable bonds is 1. The van der Waals surface area contributed by atoms with Gasteiger partial charge in [-0.2, -0.15) is 0 Å². The molecule has 2 N–H and O–H groups in total. The minimum absolute atomic E-state index is 0.609. The van der Waals surface area contributed by atoms with E-state index in [1.807, 2.05) is 0 Å². The number of nitrogens with zero attached hydrogens (tertiary/aromatic N) is 1. The van der Waals surface area contributed by atoms with Crippen molar-refractivity contribution >= 4 is 6.21 Å². The van der Waals surface area contributed by atoms with Gasteiger partial charge in [-0.25, -0.2) is 0 Å². The topological polar surface area (TPSA) is 47.6 Å². The van der Waals surface area contributed by atoms with E-state index in [-0.39, 0.29) is 0 Å². The van der Waals surface area contributed by atoms with Crippen LogP contribution in [0.4, 0.5) is 0 Å². The monoisotopic (exact) mass is 126 g/mol. The van der Waals surface area contributed by atoms with Gasteiger partial charge >= 0.3 is 0 Å². The molecule has 0 amide bonds. The summed E-state index contributed by atoms with van der Waals surface area (Å²) in [6.07, 6.45) is 5.78. The Hall–Kier alpha value is -0.670. The minimum atomic E-state index is -0.609. The van der Waals surface area contributed by atoms with Gasteiger partial charge in [0.15, 0.2) is 0 Å². The van der Waals surface area contributed by atoms with E-state index in [2.05, 4.69) is 4.99 Å². The lowest BCUT2D eigenvalue weighted by molar-refractivity contribution is 0.0441. The van der Waals surface area contributed by atoms with Gasteiger partial charge in [0.1, 0.15) is 5.72 Å². The molecule has 1 aliphatic rings. The lowest BCUT2D eigenvalue weighted by atomic mass is 10.1. The van der Waals surface area contributed by atoms with Gasteiger partial charge in [0.05, 0.1) is 0 Å². The Bertz CT molecular complexity index is 153. The highest BCUT2D eigenvalue weighted by atomic mass is 16.5. The van der Waals surface area contributed by atoms with Gasteiger partial charge < -0.3 is 4.74 Å². The van der Waals surface area contributed by atoms with Crippen molar-refractivity contribution in [3.8, 4) is 0 Å². The van der Waals surface area contributed by atoms with Gasteiger partial charge in [-0.1, -0.05) is 0 Å². The maximum atomic E-state index is 5.66. The summed E-state index contributed by atoms with van der Waals surface area (Å²) in [7, 11) is 1.59. The van der Waals surface area contributed by atoms with Crippen molar-refractivity contribution in [1.82, 2.24) is 0 Å². The number of nitrogens with two attached hydrogens (primary N) is 1. The summed E-state index contributed by atoms with van der Waals surface area (Å²) in [5.41, 5.74) is 5.05. The third kappa shape index (κ3) is 1.37. The number of aliphatic imine (C=N–C) groups is 1. The van der Waals surface area contributed by atoms with Crippen molar-refractivity contribution in [2.75, 3.05) is 7.11 Å². The zero-order valence-electron chi connectivity index (χ0n) is 5.37. The van der Waals surface area contributed by atoms with Gasteiger partial charge in [0.2, 0.25) is 0 Å². The fourth-order valence-electron chi connectivity index (χ4n) is 0.645. The first kappa shape index (κ1) is 6.45. The molecule has 0 bridgehead atoms. The van der Waals surface area contributed by atoms with Crippen LogP contribution in [-0.2, 0) is 4.74 Å². The zero-order valence-corrected chi connectivity index (χ0v) is 5.37. The molecule has 3 heteroatoms. The molecule has 0 saturated carbocycles. The fraction of sp³-hybridized carbons (Fsp3) is 0.500. The number of methoxy groups -OCH3 is 1. The quantitative estimate of drug-likeness (QED) is 0.513. The second-order valence-corrected chi connectivity index (χ2v) is 2.01. The van der Waals surface area contributed by atoms with Crippen molar-refractivity contribution in [2.45, 2.75) is 12.1 Å². The molecule has 50 valence electrons. The molecule has 1 atom stereocenters. The van der Waals surface area contributed by atoms with E-state index in [1.165, 1.54) is 0 Å². The van der Waals surface area contributed by atoms with Gasteiger partial charge in [-0.15, -0.1) is 0 Å². The van der Waals surface area contributed by atoms with Crippen LogP contribution in [0.5, 0.6) is 0 Å². The Balaban J connectivity index is 2.63. The van der Waals surface area contributed by atoms with Crippen LogP contribution in [0.2, 0.25) is 0 Å². The number of ether oxygens (including phenoxy) is 1. The highest BCUT2D eigenvalue weighted by molar-refractivity contribution is 5.61. The van der Waals surface area contributed by atoms with E-state index in [1.54, 1.807) is 25.6 Å². The van der Waals surface area contributed by atoms with E-state index in [0.717, 1.165) is 0 Å². The Morgan fingerprint density at radius 2 is 2.56 bits per heavy atom. The van der Waals surface area contributed by atoms with Crippen LogP contribution >= 0.6 is 0 Å². The largest absolute Gasteiger partial charge is 0.360 e. The van der Waals surface area contributed by atoms with Crippen LogP contribution in [0.3, 0.4) is 0 Å². The highest BCUT2D eigenvalue weighted by Gasteiger charge is 2.19. The molecular weight excluding hydrogens is 116 g/mol. The third-order valence-electron chi connectivity index (χ3n) is 1.34. The van der Waals surface area contributed by atoms with Crippen LogP contribution in [0.25, 0.3) is 0 Å². The first-order valence-electron chi connectivity index (χ1n) is 2.80. The molecule has 0 fully saturated rings. The lowest BCUT2D eigenvalue weighted by Crippen LogP contribution is -2.40. The van der Waals surface area contributed by atoms with Crippen molar-refractivity contribution < 1.29 is 4.74 Å². The van der Waals surface area contributed by atoms with E-state index in [0.29, 0.717) is 6.42 Å². The summed E-state index contributed by atoms with van der Waals surface area (Å²) in [5.74, 6) is 0. The zero-order chi connectivity index (χ0) is 6.74. The van der Waals surface area contributed by atoms with Crippen molar-refractivity contribution in [2.24, 2.45) is 10.7 Å². The fourth-order valence-corrected chi connectivity index (χ4v) is 0.645. The molecular formula is C6H10N2O. The SMILES string of the molecule is COC1(N)C=CN=CC1. The Morgan fingerprint density at radius 3 is 2.89 bits per heavy atom. The highest BCUT2D eigenvalue weighted by Crippen LogP contribution is 2.10. The van der Waals surface area contributed by atoms with Gasteiger partial charge in [-0.3, -0.25) is 10.7 Å². The third-order valence-corrected chi connectivity index (χ3v) is 1.34. The van der Waals surface area contributed by atoms with Gasteiger partial charge in [-0.05, 0) is 6.08 Å². The second kappa shape index (κ2) is 2.29. The van der Waals surface area contributed by atoms with Crippen LogP contribution in [0.15, 0.2) is 17.3 Å². The molecule has 0 radical (unpaired) electrons. The summed E-state index contributed by atoms with van der Waals surface area (Å²) in [4.78, 5) is 3.85. The number of hydrogen-bond acceptors (Lipinski definition) is 3. The summed E-state index contributed by atoms with van der Waals surface area (Å²) in [5, 5.41) is 0. The molecule has 0 aliphatic carbocycles. The molecule has 3 nitrogen and oxygen atoms in total. The molecule has 0 aromatic carbocycles. The van der Waals surface area contributed by atoms with E-state index in [4.69, 9.17) is 10.5 Å². The van der Waals surface area contributed by atoms with Gasteiger partial charge in [0.25, 0.3) is 0 Å². The van der Waals surface area contributed by atoms with E-state index >= 15 is 0 Å². The van der Waals surface area contributed by atoms with Crippen molar-refractivity contribution in [3.63, 3.8) is 0 Å². The Kier molecular flexibility index (Phi) is 1.64. The lowest BCUT2D eigenvalue weighted by Gasteiger charge is -2.23. The molecule has 0 saturated heterocycles. The number of hydrogen-bond donors (Lipinski definition) is 1. The molecule has 1 unspecified atom stereocenters. The average molecular weight is 126 g/mol. The standard InChI is InChI=1S/C6H10N2O/c1-9-6(7)2-4-8-5-3-6/h2,4-5H,3,7H2,1H3. The molecule has 1 heterocycles. The maximum absolute atomic E-state index is 5.66. The molecule has 1 rings (SSSR count). The summed E-state index contributed by atoms with van der Waals surface area (Å²) < 4.78 is 4.98. The first-order chi connectivity index (χ1) is 4.27. The van der Waals surface area contributed by atoms with Gasteiger partial charge in [0, 0.05) is 25.9 Å². The van der Waals surface area contributed by atoms with Crippen LogP contribution < -0.4 is 5.73 Å². The molecule has 0 spiro atoms. The summed E-state index contributed by atoms with van der Waals surface area (Å²) in [6.45, 7) is 0. The molecule has 0 aromatic rings. The molecule has 9 heavy (non-hydrogen) atoms. The minimum Gasteiger partial charge on any atom is -0.360 e. The van der Waals surface area contributed by atoms with Crippen LogP contribution in [0, 0.1) is 0 Å². The second-order valence-electron chi connectivity index (χ2n) is 2.01. The Labute approximate surface area is 54.2 Å². The van der Waals surface area contributed by atoms with Crippen molar-refractivity contribution in [3.05, 3.63) is 12.3 Å². The predicted molar refractivity (Wildman–Crippen MR) is 36.2 cm³/mol. The smallest absolute Gasteiger partial charge is 0.142 e. The maximum Gasteiger partial charge on any atom is 0.142 e. The Morgan fingerprint density at radius 1 is 1.78 bits per heavy atom. The summed E-state index contributed by atoms with van der Waals surface area (Å²) >= 11 is 0. The predicted octanol–water partition coefficient (Wildman–Crippen LogP) is 0.276. The molecule has 1 aliphatic heterocycles.